The highest BCUT2D eigenvalue weighted by molar-refractivity contribution is 5.84. The largest absolute Gasteiger partial charge is 0.497 e. The third kappa shape index (κ3) is 4.69. The van der Waals surface area contributed by atoms with Gasteiger partial charge in [0.2, 0.25) is 0 Å². The van der Waals surface area contributed by atoms with Crippen LogP contribution < -0.4 is 14.2 Å². The number of methoxy groups -OCH3 is 2. The number of benzene rings is 2. The van der Waals surface area contributed by atoms with Crippen LogP contribution in [0, 0.1) is 0 Å². The second kappa shape index (κ2) is 10.7. The summed E-state index contributed by atoms with van der Waals surface area (Å²) in [5, 5.41) is 1.15. The number of amides is 2. The molecular formula is C28H35N3O5. The molecule has 1 unspecified atom stereocenters. The zero-order valence-corrected chi connectivity index (χ0v) is 21.3. The molecule has 8 nitrogen and oxygen atoms in total. The first-order chi connectivity index (χ1) is 17.6. The molecule has 8 heteroatoms. The van der Waals surface area contributed by atoms with Crippen LogP contribution in [0.1, 0.15) is 36.1 Å². The van der Waals surface area contributed by atoms with Crippen LogP contribution >= 0.6 is 0 Å². The molecule has 36 heavy (non-hydrogen) atoms. The van der Waals surface area contributed by atoms with Crippen molar-refractivity contribution in [2.24, 2.45) is 0 Å². The normalized spacial score (nSPS) is 17.7. The van der Waals surface area contributed by atoms with Crippen molar-refractivity contribution in [3.05, 3.63) is 53.2 Å². The maximum absolute atomic E-state index is 13.7. The summed E-state index contributed by atoms with van der Waals surface area (Å²) in [6.07, 6.45) is 4.47. The lowest BCUT2D eigenvalue weighted by Crippen LogP contribution is -2.51. The van der Waals surface area contributed by atoms with Gasteiger partial charge in [0.15, 0.2) is 11.5 Å². The Bertz CT molecular complexity index is 1220. The first kappa shape index (κ1) is 24.3. The molecule has 5 rings (SSSR count). The van der Waals surface area contributed by atoms with Crippen LogP contribution in [0.5, 0.6) is 17.2 Å². The van der Waals surface area contributed by atoms with Crippen molar-refractivity contribution in [2.45, 2.75) is 32.2 Å². The van der Waals surface area contributed by atoms with Gasteiger partial charge in [0, 0.05) is 36.7 Å². The van der Waals surface area contributed by atoms with Gasteiger partial charge in [-0.05, 0) is 73.2 Å². The van der Waals surface area contributed by atoms with Crippen molar-refractivity contribution in [3.8, 4) is 17.2 Å². The van der Waals surface area contributed by atoms with Gasteiger partial charge in [0.25, 0.3) is 0 Å². The lowest BCUT2D eigenvalue weighted by Gasteiger charge is -2.41. The zero-order valence-electron chi connectivity index (χ0n) is 21.3. The van der Waals surface area contributed by atoms with E-state index in [0.717, 1.165) is 53.0 Å². The standard InChI is InChI=1S/C28H35N3O5/c1-4-36-27-17-23-19(15-26(27)34-3)9-10-31(28(32)30-11-13-35-14-12-30)25(23)8-5-20-18-29-24-7-6-21(33-2)16-22(20)24/h6-7,15-18,25,29H,4-5,8-14H2,1-3H3. The van der Waals surface area contributed by atoms with Gasteiger partial charge in [0.05, 0.1) is 40.1 Å². The Morgan fingerprint density at radius 2 is 1.92 bits per heavy atom. The Balaban J connectivity index is 1.48. The fourth-order valence-corrected chi connectivity index (χ4v) is 5.40. The summed E-state index contributed by atoms with van der Waals surface area (Å²) >= 11 is 0. The number of rotatable bonds is 7. The summed E-state index contributed by atoms with van der Waals surface area (Å²) in [4.78, 5) is 21.0. The number of nitrogens with one attached hydrogen (secondary N) is 1. The molecule has 2 amide bonds. The highest BCUT2D eigenvalue weighted by atomic mass is 16.5. The highest BCUT2D eigenvalue weighted by Gasteiger charge is 2.34. The van der Waals surface area contributed by atoms with Crippen molar-refractivity contribution in [1.29, 1.82) is 0 Å². The van der Waals surface area contributed by atoms with E-state index in [0.29, 0.717) is 39.5 Å². The minimum absolute atomic E-state index is 0.0650. The molecule has 1 aromatic heterocycles. The molecule has 192 valence electrons. The van der Waals surface area contributed by atoms with Gasteiger partial charge in [0.1, 0.15) is 5.75 Å². The van der Waals surface area contributed by atoms with Crippen LogP contribution in [0.15, 0.2) is 36.5 Å². The molecule has 0 radical (unpaired) electrons. The molecule has 2 aromatic carbocycles. The number of H-pyrrole nitrogens is 1. The molecule has 0 bridgehead atoms. The van der Waals surface area contributed by atoms with E-state index in [4.69, 9.17) is 18.9 Å². The third-order valence-electron chi connectivity index (χ3n) is 7.27. The SMILES string of the molecule is CCOc1cc2c(cc1OC)CCN(C(=O)N1CCOCC1)C2CCc1c[nH]c2ccc(OC)cc12. The minimum atomic E-state index is -0.0650. The molecule has 1 atom stereocenters. The number of urea groups is 1. The molecule has 3 aromatic rings. The second-order valence-electron chi connectivity index (χ2n) is 9.24. The number of aromatic nitrogens is 1. The summed E-state index contributed by atoms with van der Waals surface area (Å²) in [5.74, 6) is 2.30. The molecule has 3 heterocycles. The summed E-state index contributed by atoms with van der Waals surface area (Å²) in [7, 11) is 3.36. The van der Waals surface area contributed by atoms with E-state index in [-0.39, 0.29) is 12.1 Å². The molecule has 2 aliphatic heterocycles. The third-order valence-corrected chi connectivity index (χ3v) is 7.27. The molecule has 0 saturated carbocycles. The van der Waals surface area contributed by atoms with E-state index in [1.807, 2.05) is 28.9 Å². The van der Waals surface area contributed by atoms with E-state index < -0.39 is 0 Å². The van der Waals surface area contributed by atoms with Crippen molar-refractivity contribution in [3.63, 3.8) is 0 Å². The predicted octanol–water partition coefficient (Wildman–Crippen LogP) is 4.57. The van der Waals surface area contributed by atoms with Crippen molar-refractivity contribution in [2.75, 3.05) is 53.7 Å². The first-order valence-electron chi connectivity index (χ1n) is 12.7. The number of ether oxygens (including phenoxy) is 4. The second-order valence-corrected chi connectivity index (χ2v) is 9.24. The quantitative estimate of drug-likeness (QED) is 0.522. The molecule has 1 fully saturated rings. The van der Waals surface area contributed by atoms with Gasteiger partial charge in [-0.2, -0.15) is 0 Å². The van der Waals surface area contributed by atoms with Gasteiger partial charge in [-0.1, -0.05) is 0 Å². The number of hydrogen-bond donors (Lipinski definition) is 1. The topological polar surface area (TPSA) is 76.3 Å². The van der Waals surface area contributed by atoms with Crippen LogP contribution in [0.4, 0.5) is 4.79 Å². The van der Waals surface area contributed by atoms with Crippen LogP contribution in [-0.2, 0) is 17.6 Å². The fraction of sp³-hybridized carbons (Fsp3) is 0.464. The minimum Gasteiger partial charge on any atom is -0.497 e. The van der Waals surface area contributed by atoms with Crippen LogP contribution in [0.3, 0.4) is 0 Å². The monoisotopic (exact) mass is 493 g/mol. The molecular weight excluding hydrogens is 458 g/mol. The number of nitrogens with zero attached hydrogens (tertiary/aromatic N) is 2. The number of morpholine rings is 1. The lowest BCUT2D eigenvalue weighted by molar-refractivity contribution is 0.0376. The average molecular weight is 494 g/mol. The summed E-state index contributed by atoms with van der Waals surface area (Å²) in [6, 6.07) is 10.3. The Kier molecular flexibility index (Phi) is 7.23. The van der Waals surface area contributed by atoms with Crippen LogP contribution in [0.2, 0.25) is 0 Å². The Hall–Kier alpha value is -3.39. The van der Waals surface area contributed by atoms with Crippen LogP contribution in [0.25, 0.3) is 10.9 Å². The number of aryl methyl sites for hydroxylation is 1. The fourth-order valence-electron chi connectivity index (χ4n) is 5.40. The number of fused-ring (bicyclic) bond motifs is 2. The predicted molar refractivity (Wildman–Crippen MR) is 138 cm³/mol. The van der Waals surface area contributed by atoms with Gasteiger partial charge in [-0.3, -0.25) is 0 Å². The van der Waals surface area contributed by atoms with E-state index in [1.165, 1.54) is 11.1 Å². The van der Waals surface area contributed by atoms with Gasteiger partial charge in [-0.15, -0.1) is 0 Å². The Labute approximate surface area is 212 Å². The molecule has 2 aliphatic rings. The molecule has 1 saturated heterocycles. The first-order valence-corrected chi connectivity index (χ1v) is 12.7. The summed E-state index contributed by atoms with van der Waals surface area (Å²) < 4.78 is 22.5. The molecule has 0 spiro atoms. The van der Waals surface area contributed by atoms with Crippen LogP contribution in [-0.4, -0.2) is 74.5 Å². The maximum atomic E-state index is 13.7. The van der Waals surface area contributed by atoms with E-state index in [9.17, 15) is 4.79 Å². The van der Waals surface area contributed by atoms with Gasteiger partial charge >= 0.3 is 6.03 Å². The van der Waals surface area contributed by atoms with Gasteiger partial charge < -0.3 is 33.7 Å². The number of carbonyl (C=O) groups is 1. The highest BCUT2D eigenvalue weighted by Crippen LogP contribution is 2.41. The number of hydrogen-bond acceptors (Lipinski definition) is 5. The average Bonchev–Trinajstić information content (AvgIpc) is 3.33. The Morgan fingerprint density at radius 3 is 2.67 bits per heavy atom. The van der Waals surface area contributed by atoms with E-state index in [2.05, 4.69) is 29.4 Å². The zero-order chi connectivity index (χ0) is 25.1. The lowest BCUT2D eigenvalue weighted by atomic mass is 9.88. The van der Waals surface area contributed by atoms with Gasteiger partial charge in [-0.25, -0.2) is 4.79 Å². The van der Waals surface area contributed by atoms with Crippen molar-refractivity contribution in [1.82, 2.24) is 14.8 Å². The van der Waals surface area contributed by atoms with Crippen molar-refractivity contribution >= 4 is 16.9 Å². The summed E-state index contributed by atoms with van der Waals surface area (Å²) in [6.45, 7) is 5.62. The molecule has 0 aliphatic carbocycles. The van der Waals surface area contributed by atoms with Crippen molar-refractivity contribution < 1.29 is 23.7 Å². The summed E-state index contributed by atoms with van der Waals surface area (Å²) in [5.41, 5.74) is 4.66. The number of carbonyl (C=O) groups excluding carboxylic acids is 1. The Morgan fingerprint density at radius 1 is 1.08 bits per heavy atom. The smallest absolute Gasteiger partial charge is 0.320 e. The molecule has 1 N–H and O–H groups in total. The number of aromatic amines is 1. The maximum Gasteiger partial charge on any atom is 0.320 e. The van der Waals surface area contributed by atoms with E-state index >= 15 is 0 Å². The van der Waals surface area contributed by atoms with E-state index in [1.54, 1.807) is 14.2 Å².